The maximum Gasteiger partial charge on any atom is 0.254 e. The molecule has 1 rings (SSSR count). The van der Waals surface area contributed by atoms with Crippen LogP contribution in [0, 0.1) is 0 Å². The fourth-order valence-corrected chi connectivity index (χ4v) is 1.68. The second kappa shape index (κ2) is 5.08. The van der Waals surface area contributed by atoms with Crippen LogP contribution in [0.1, 0.15) is 10.4 Å². The van der Waals surface area contributed by atoms with E-state index in [1.54, 1.807) is 0 Å². The molecule has 0 aliphatic carbocycles. The molecule has 7 nitrogen and oxygen atoms in total. The monoisotopic (exact) mass is 246 g/mol. The fourth-order valence-electron chi connectivity index (χ4n) is 0.953. The van der Waals surface area contributed by atoms with E-state index in [2.05, 4.69) is 15.5 Å². The second-order valence-corrected chi connectivity index (χ2v) is 5.64. The lowest BCUT2D eigenvalue weighted by atomic mass is 10.3. The van der Waals surface area contributed by atoms with Gasteiger partial charge in [-0.15, -0.1) is 0 Å². The predicted octanol–water partition coefficient (Wildman–Crippen LogP) is -0.969. The van der Waals surface area contributed by atoms with E-state index >= 15 is 0 Å². The molecule has 2 N–H and O–H groups in total. The Morgan fingerprint density at radius 1 is 1.56 bits per heavy atom. The number of nitrogens with zero attached hydrogens (tertiary/aromatic N) is 2. The van der Waals surface area contributed by atoms with E-state index in [9.17, 15) is 13.2 Å². The van der Waals surface area contributed by atoms with Crippen LogP contribution in [0.4, 0.5) is 0 Å². The van der Waals surface area contributed by atoms with Gasteiger partial charge in [0.05, 0.1) is 17.5 Å². The van der Waals surface area contributed by atoms with E-state index in [1.807, 2.05) is 0 Å². The Morgan fingerprint density at radius 2 is 2.25 bits per heavy atom. The summed E-state index contributed by atoms with van der Waals surface area (Å²) in [5.41, 5.74) is 0.377. The van der Waals surface area contributed by atoms with Crippen molar-refractivity contribution in [1.29, 1.82) is 0 Å². The van der Waals surface area contributed by atoms with Crippen molar-refractivity contribution in [3.63, 3.8) is 0 Å². The normalized spacial score (nSPS) is 11.7. The van der Waals surface area contributed by atoms with E-state index in [0.29, 0.717) is 5.56 Å². The minimum atomic E-state index is -3.27. The highest BCUT2D eigenvalue weighted by Crippen LogP contribution is 1.95. The average molecular weight is 246 g/mol. The number of aromatic nitrogens is 2. The van der Waals surface area contributed by atoms with Gasteiger partial charge in [0.25, 0.3) is 5.91 Å². The summed E-state index contributed by atoms with van der Waals surface area (Å²) in [6, 6.07) is 0. The molecule has 0 spiro atoms. The smallest absolute Gasteiger partial charge is 0.254 e. The summed E-state index contributed by atoms with van der Waals surface area (Å²) in [4.78, 5) is 11.4. The summed E-state index contributed by atoms with van der Waals surface area (Å²) in [5, 5.41) is 8.61. The first-order valence-electron chi connectivity index (χ1n) is 4.60. The van der Waals surface area contributed by atoms with E-state index in [0.717, 1.165) is 4.31 Å². The van der Waals surface area contributed by atoms with Crippen LogP contribution < -0.4 is 5.32 Å². The lowest BCUT2D eigenvalue weighted by Crippen LogP contribution is -2.33. The van der Waals surface area contributed by atoms with Crippen LogP contribution in [0.3, 0.4) is 0 Å². The Hall–Kier alpha value is -1.41. The van der Waals surface area contributed by atoms with Crippen molar-refractivity contribution in [3.05, 3.63) is 18.0 Å². The summed E-state index contributed by atoms with van der Waals surface area (Å²) in [6.07, 6.45) is 2.81. The van der Waals surface area contributed by atoms with Gasteiger partial charge in [0.1, 0.15) is 0 Å². The zero-order chi connectivity index (χ0) is 12.2. The van der Waals surface area contributed by atoms with Gasteiger partial charge >= 0.3 is 0 Å². The molecule has 0 unspecified atom stereocenters. The van der Waals surface area contributed by atoms with Gasteiger partial charge in [-0.3, -0.25) is 9.89 Å². The molecule has 1 heterocycles. The molecule has 0 saturated carbocycles. The van der Waals surface area contributed by atoms with Crippen LogP contribution in [0.25, 0.3) is 0 Å². The highest BCUT2D eigenvalue weighted by Gasteiger charge is 2.14. The number of H-pyrrole nitrogens is 1. The molecular weight excluding hydrogens is 232 g/mol. The number of hydrogen-bond donors (Lipinski definition) is 2. The molecule has 0 aromatic carbocycles. The number of amides is 1. The molecular formula is C8H14N4O3S. The Labute approximate surface area is 93.9 Å². The Balaban J connectivity index is 2.40. The number of carbonyl (C=O) groups excluding carboxylic acids is 1. The first-order valence-corrected chi connectivity index (χ1v) is 6.21. The van der Waals surface area contributed by atoms with Crippen LogP contribution in [0.2, 0.25) is 0 Å². The van der Waals surface area contributed by atoms with Crippen LogP contribution in [0.5, 0.6) is 0 Å². The van der Waals surface area contributed by atoms with Gasteiger partial charge in [-0.1, -0.05) is 0 Å². The third kappa shape index (κ3) is 3.31. The minimum Gasteiger partial charge on any atom is -0.351 e. The van der Waals surface area contributed by atoms with Crippen molar-refractivity contribution in [2.24, 2.45) is 0 Å². The van der Waals surface area contributed by atoms with Crippen LogP contribution >= 0.6 is 0 Å². The van der Waals surface area contributed by atoms with Gasteiger partial charge in [-0.05, 0) is 0 Å². The highest BCUT2D eigenvalue weighted by molar-refractivity contribution is 7.89. The third-order valence-corrected chi connectivity index (χ3v) is 3.80. The number of aromatic amines is 1. The predicted molar refractivity (Wildman–Crippen MR) is 58.4 cm³/mol. The molecule has 1 amide bonds. The Bertz CT molecular complexity index is 438. The van der Waals surface area contributed by atoms with Gasteiger partial charge < -0.3 is 5.32 Å². The van der Waals surface area contributed by atoms with Crippen LogP contribution in [0.15, 0.2) is 12.4 Å². The molecule has 0 aliphatic rings. The van der Waals surface area contributed by atoms with E-state index < -0.39 is 10.0 Å². The molecule has 90 valence electrons. The van der Waals surface area contributed by atoms with E-state index in [4.69, 9.17) is 0 Å². The molecule has 0 fully saturated rings. The summed E-state index contributed by atoms with van der Waals surface area (Å²) >= 11 is 0. The number of nitrogens with one attached hydrogen (secondary N) is 2. The SMILES string of the molecule is CN(C)S(=O)(=O)CCNC(=O)c1cn[nH]c1. The lowest BCUT2D eigenvalue weighted by Gasteiger charge is -2.11. The third-order valence-electron chi connectivity index (χ3n) is 1.96. The molecule has 0 bridgehead atoms. The van der Waals surface area contributed by atoms with Gasteiger partial charge in [0, 0.05) is 26.8 Å². The van der Waals surface area contributed by atoms with Gasteiger partial charge in [-0.2, -0.15) is 5.10 Å². The van der Waals surface area contributed by atoms with Crippen molar-refractivity contribution in [2.75, 3.05) is 26.4 Å². The van der Waals surface area contributed by atoms with Crippen LogP contribution in [-0.2, 0) is 10.0 Å². The Kier molecular flexibility index (Phi) is 4.02. The van der Waals surface area contributed by atoms with Gasteiger partial charge in [0.2, 0.25) is 10.0 Å². The van der Waals surface area contributed by atoms with Gasteiger partial charge in [0.15, 0.2) is 0 Å². The quantitative estimate of drug-likeness (QED) is 0.699. The molecule has 16 heavy (non-hydrogen) atoms. The zero-order valence-corrected chi connectivity index (χ0v) is 9.91. The highest BCUT2D eigenvalue weighted by atomic mass is 32.2. The molecule has 0 radical (unpaired) electrons. The van der Waals surface area contributed by atoms with Crippen molar-refractivity contribution in [3.8, 4) is 0 Å². The zero-order valence-electron chi connectivity index (χ0n) is 9.10. The van der Waals surface area contributed by atoms with Crippen molar-refractivity contribution in [1.82, 2.24) is 19.8 Å². The standard InChI is InChI=1S/C8H14N4O3S/c1-12(2)16(14,15)4-3-9-8(13)7-5-10-11-6-7/h5-6H,3-4H2,1-2H3,(H,9,13)(H,10,11). The number of rotatable bonds is 5. The molecule has 0 atom stereocenters. The maximum atomic E-state index is 11.4. The first-order chi connectivity index (χ1) is 7.43. The Morgan fingerprint density at radius 3 is 2.75 bits per heavy atom. The first kappa shape index (κ1) is 12.7. The molecule has 1 aromatic heterocycles. The number of carbonyl (C=O) groups is 1. The fraction of sp³-hybridized carbons (Fsp3) is 0.500. The van der Waals surface area contributed by atoms with Gasteiger partial charge in [-0.25, -0.2) is 12.7 Å². The maximum absolute atomic E-state index is 11.4. The molecule has 8 heteroatoms. The molecule has 0 aliphatic heterocycles. The summed E-state index contributed by atoms with van der Waals surface area (Å²) < 4.78 is 23.8. The summed E-state index contributed by atoms with van der Waals surface area (Å²) in [6.45, 7) is 0.0739. The minimum absolute atomic E-state index is 0.0739. The molecule has 1 aromatic rings. The van der Waals surface area contributed by atoms with Crippen LogP contribution in [-0.4, -0.2) is 55.2 Å². The average Bonchev–Trinajstić information content (AvgIpc) is 2.69. The number of hydrogen-bond acceptors (Lipinski definition) is 4. The van der Waals surface area contributed by atoms with E-state index in [1.165, 1.54) is 26.5 Å². The van der Waals surface area contributed by atoms with Crippen molar-refractivity contribution < 1.29 is 13.2 Å². The second-order valence-electron chi connectivity index (χ2n) is 3.34. The topological polar surface area (TPSA) is 95.2 Å². The largest absolute Gasteiger partial charge is 0.351 e. The number of sulfonamides is 1. The molecule has 0 saturated heterocycles. The lowest BCUT2D eigenvalue weighted by molar-refractivity contribution is 0.0956. The van der Waals surface area contributed by atoms with Crippen molar-refractivity contribution >= 4 is 15.9 Å². The van der Waals surface area contributed by atoms with E-state index in [-0.39, 0.29) is 18.2 Å². The summed E-state index contributed by atoms with van der Waals surface area (Å²) in [7, 11) is -0.364. The summed E-state index contributed by atoms with van der Waals surface area (Å²) in [5.74, 6) is -0.466. The van der Waals surface area contributed by atoms with Crippen molar-refractivity contribution in [2.45, 2.75) is 0 Å².